The Bertz CT molecular complexity index is 561. The molecule has 2 unspecified atom stereocenters. The number of benzene rings is 1. The predicted molar refractivity (Wildman–Crippen MR) is 71.3 cm³/mol. The molecule has 1 aromatic heterocycles. The van der Waals surface area contributed by atoms with E-state index in [9.17, 15) is 0 Å². The first-order valence-electron chi connectivity index (χ1n) is 6.46. The maximum atomic E-state index is 4.27. The lowest BCUT2D eigenvalue weighted by molar-refractivity contribution is 0.213. The van der Waals surface area contributed by atoms with Gasteiger partial charge in [0, 0.05) is 12.1 Å². The summed E-state index contributed by atoms with van der Waals surface area (Å²) >= 11 is 1.72. The number of hydrogen-bond acceptors (Lipinski definition) is 4. The van der Waals surface area contributed by atoms with Crippen LogP contribution in [0.25, 0.3) is 0 Å². The zero-order valence-corrected chi connectivity index (χ0v) is 11.2. The number of aryl methyl sites for hydroxylation is 1. The highest BCUT2D eigenvalue weighted by Crippen LogP contribution is 2.53. The Morgan fingerprint density at radius 2 is 1.83 bits per heavy atom. The summed E-state index contributed by atoms with van der Waals surface area (Å²) in [5.41, 5.74) is 3.07. The molecule has 0 spiro atoms. The van der Waals surface area contributed by atoms with Crippen molar-refractivity contribution in [1.29, 1.82) is 0 Å². The molecular formula is C14H15N3S. The van der Waals surface area contributed by atoms with Gasteiger partial charge in [0.1, 0.15) is 10.0 Å². The van der Waals surface area contributed by atoms with Crippen LogP contribution in [0, 0.1) is 6.92 Å². The lowest BCUT2D eigenvalue weighted by Gasteiger charge is -2.20. The third kappa shape index (κ3) is 1.45. The van der Waals surface area contributed by atoms with E-state index in [4.69, 9.17) is 0 Å². The van der Waals surface area contributed by atoms with Crippen LogP contribution in [0.5, 0.6) is 0 Å². The molecule has 3 heterocycles. The van der Waals surface area contributed by atoms with Crippen LogP contribution in [0.15, 0.2) is 24.3 Å². The van der Waals surface area contributed by atoms with Crippen LogP contribution < -0.4 is 0 Å². The van der Waals surface area contributed by atoms with E-state index in [1.54, 1.807) is 11.3 Å². The summed E-state index contributed by atoms with van der Waals surface area (Å²) in [7, 11) is 0. The highest BCUT2D eigenvalue weighted by atomic mass is 32.1. The van der Waals surface area contributed by atoms with Crippen molar-refractivity contribution in [2.45, 2.75) is 38.4 Å². The molecule has 4 heteroatoms. The minimum absolute atomic E-state index is 0.607. The van der Waals surface area contributed by atoms with E-state index in [2.05, 4.69) is 39.4 Å². The fraction of sp³-hybridized carbons (Fsp3) is 0.429. The maximum Gasteiger partial charge on any atom is 0.131 e. The standard InChI is InChI=1S/C14H15N3S/c1-9-15-16-14(18-9)8-17-12-6-7-13(17)11-5-3-2-4-10(11)12/h2-5,12-13H,6-8H2,1H3. The maximum absolute atomic E-state index is 4.27. The summed E-state index contributed by atoms with van der Waals surface area (Å²) in [5.74, 6) is 0. The van der Waals surface area contributed by atoms with Crippen molar-refractivity contribution in [3.05, 3.63) is 45.4 Å². The fourth-order valence-electron chi connectivity index (χ4n) is 3.43. The van der Waals surface area contributed by atoms with Crippen molar-refractivity contribution in [1.82, 2.24) is 15.1 Å². The average molecular weight is 257 g/mol. The molecule has 2 aromatic rings. The molecule has 92 valence electrons. The molecule has 2 aliphatic heterocycles. The molecule has 1 saturated heterocycles. The van der Waals surface area contributed by atoms with Crippen molar-refractivity contribution in [3.63, 3.8) is 0 Å². The predicted octanol–water partition coefficient (Wildman–Crippen LogP) is 3.24. The smallest absolute Gasteiger partial charge is 0.131 e. The van der Waals surface area contributed by atoms with Crippen molar-refractivity contribution in [2.75, 3.05) is 0 Å². The third-order valence-electron chi connectivity index (χ3n) is 4.11. The normalized spacial score (nSPS) is 25.6. The third-order valence-corrected chi connectivity index (χ3v) is 4.94. The van der Waals surface area contributed by atoms with Gasteiger partial charge in [-0.3, -0.25) is 4.90 Å². The molecule has 2 aliphatic rings. The molecule has 0 N–H and O–H groups in total. The second-order valence-electron chi connectivity index (χ2n) is 5.13. The number of hydrogen-bond donors (Lipinski definition) is 0. The highest BCUT2D eigenvalue weighted by molar-refractivity contribution is 7.11. The molecule has 0 radical (unpaired) electrons. The molecule has 18 heavy (non-hydrogen) atoms. The second-order valence-corrected chi connectivity index (χ2v) is 6.39. The van der Waals surface area contributed by atoms with Gasteiger partial charge < -0.3 is 0 Å². The molecule has 0 aliphatic carbocycles. The summed E-state index contributed by atoms with van der Waals surface area (Å²) in [6.45, 7) is 2.98. The number of aromatic nitrogens is 2. The summed E-state index contributed by atoms with van der Waals surface area (Å²) in [4.78, 5) is 2.60. The Morgan fingerprint density at radius 1 is 1.17 bits per heavy atom. The van der Waals surface area contributed by atoms with Crippen LogP contribution in [0.4, 0.5) is 0 Å². The van der Waals surface area contributed by atoms with Gasteiger partial charge in [-0.05, 0) is 30.9 Å². The van der Waals surface area contributed by atoms with E-state index in [-0.39, 0.29) is 0 Å². The van der Waals surface area contributed by atoms with Crippen LogP contribution in [0.2, 0.25) is 0 Å². The van der Waals surface area contributed by atoms with E-state index in [0.717, 1.165) is 16.6 Å². The fourth-order valence-corrected chi connectivity index (χ4v) is 4.15. The molecular weight excluding hydrogens is 242 g/mol. The van der Waals surface area contributed by atoms with Crippen LogP contribution in [-0.2, 0) is 6.54 Å². The topological polar surface area (TPSA) is 29.0 Å². The van der Waals surface area contributed by atoms with Gasteiger partial charge in [-0.15, -0.1) is 21.5 Å². The van der Waals surface area contributed by atoms with Crippen LogP contribution in [0.1, 0.15) is 46.1 Å². The number of fused-ring (bicyclic) bond motifs is 5. The molecule has 2 atom stereocenters. The molecule has 1 fully saturated rings. The molecule has 1 aromatic carbocycles. The lowest BCUT2D eigenvalue weighted by Crippen LogP contribution is -2.18. The molecule has 2 bridgehead atoms. The zero-order valence-electron chi connectivity index (χ0n) is 10.3. The molecule has 3 nitrogen and oxygen atoms in total. The van der Waals surface area contributed by atoms with Crippen LogP contribution >= 0.6 is 11.3 Å². The van der Waals surface area contributed by atoms with Gasteiger partial charge in [0.2, 0.25) is 0 Å². The highest BCUT2D eigenvalue weighted by Gasteiger charge is 2.43. The van der Waals surface area contributed by atoms with Crippen molar-refractivity contribution in [2.24, 2.45) is 0 Å². The summed E-state index contributed by atoms with van der Waals surface area (Å²) in [6, 6.07) is 10.1. The Hall–Kier alpha value is -1.26. The van der Waals surface area contributed by atoms with Gasteiger partial charge >= 0.3 is 0 Å². The van der Waals surface area contributed by atoms with Gasteiger partial charge in [0.15, 0.2) is 0 Å². The SMILES string of the molecule is Cc1nnc(CN2C3CCC2c2ccccc23)s1. The molecule has 0 saturated carbocycles. The van der Waals surface area contributed by atoms with E-state index >= 15 is 0 Å². The molecule has 4 rings (SSSR count). The van der Waals surface area contributed by atoms with Gasteiger partial charge in [-0.1, -0.05) is 24.3 Å². The van der Waals surface area contributed by atoms with Gasteiger partial charge in [-0.25, -0.2) is 0 Å². The van der Waals surface area contributed by atoms with E-state index in [1.807, 2.05) is 6.92 Å². The number of nitrogens with zero attached hydrogens (tertiary/aromatic N) is 3. The second kappa shape index (κ2) is 3.87. The zero-order chi connectivity index (χ0) is 12.1. The van der Waals surface area contributed by atoms with Crippen molar-refractivity contribution >= 4 is 11.3 Å². The quantitative estimate of drug-likeness (QED) is 0.827. The lowest BCUT2D eigenvalue weighted by atomic mass is 9.92. The van der Waals surface area contributed by atoms with Crippen LogP contribution in [-0.4, -0.2) is 15.1 Å². The van der Waals surface area contributed by atoms with E-state index in [0.29, 0.717) is 12.1 Å². The first-order valence-corrected chi connectivity index (χ1v) is 7.28. The van der Waals surface area contributed by atoms with E-state index < -0.39 is 0 Å². The van der Waals surface area contributed by atoms with Gasteiger partial charge in [0.05, 0.1) is 6.54 Å². The minimum Gasteiger partial charge on any atom is -0.283 e. The Balaban J connectivity index is 1.66. The van der Waals surface area contributed by atoms with Gasteiger partial charge in [-0.2, -0.15) is 0 Å². The summed E-state index contributed by atoms with van der Waals surface area (Å²) < 4.78 is 0. The first kappa shape index (κ1) is 10.6. The van der Waals surface area contributed by atoms with E-state index in [1.165, 1.54) is 24.0 Å². The number of rotatable bonds is 2. The monoisotopic (exact) mass is 257 g/mol. The van der Waals surface area contributed by atoms with Crippen LogP contribution in [0.3, 0.4) is 0 Å². The van der Waals surface area contributed by atoms with Crippen molar-refractivity contribution < 1.29 is 0 Å². The Kier molecular flexibility index (Phi) is 2.29. The van der Waals surface area contributed by atoms with Gasteiger partial charge in [0.25, 0.3) is 0 Å². The first-order chi connectivity index (χ1) is 8.83. The largest absolute Gasteiger partial charge is 0.283 e. The summed E-state index contributed by atoms with van der Waals surface area (Å²) in [5, 5.41) is 10.6. The summed E-state index contributed by atoms with van der Waals surface area (Å²) in [6.07, 6.45) is 2.58. The molecule has 0 amide bonds. The van der Waals surface area contributed by atoms with Crippen molar-refractivity contribution in [3.8, 4) is 0 Å². The minimum atomic E-state index is 0.607. The Labute approximate surface area is 110 Å². The average Bonchev–Trinajstić information content (AvgIpc) is 3.05. The Morgan fingerprint density at radius 3 is 2.39 bits per heavy atom.